The first-order valence-corrected chi connectivity index (χ1v) is 11.5. The van der Waals surface area contributed by atoms with Gasteiger partial charge in [0.15, 0.2) is 0 Å². The molecule has 0 spiro atoms. The molecule has 0 saturated carbocycles. The Labute approximate surface area is 174 Å². The second kappa shape index (κ2) is 9.11. The summed E-state index contributed by atoms with van der Waals surface area (Å²) in [5.41, 5.74) is 6.19. The molecule has 1 amide bonds. The van der Waals surface area contributed by atoms with Crippen LogP contribution in [0.1, 0.15) is 38.7 Å². The summed E-state index contributed by atoms with van der Waals surface area (Å²) >= 11 is 0. The van der Waals surface area contributed by atoms with E-state index in [9.17, 15) is 13.2 Å². The predicted molar refractivity (Wildman–Crippen MR) is 114 cm³/mol. The van der Waals surface area contributed by atoms with Crippen molar-refractivity contribution in [3.63, 3.8) is 0 Å². The van der Waals surface area contributed by atoms with Crippen molar-refractivity contribution in [2.24, 2.45) is 11.7 Å². The Morgan fingerprint density at radius 2 is 1.82 bits per heavy atom. The fourth-order valence-corrected chi connectivity index (χ4v) is 5.69. The zero-order valence-corrected chi connectivity index (χ0v) is 18.3. The number of likely N-dealkylation sites (tertiary alicyclic amines) is 1. The lowest BCUT2D eigenvalue weighted by Crippen LogP contribution is -2.54. The van der Waals surface area contributed by atoms with Crippen molar-refractivity contribution in [3.05, 3.63) is 35.9 Å². The van der Waals surface area contributed by atoms with Gasteiger partial charge in [-0.2, -0.15) is 0 Å². The Morgan fingerprint density at radius 3 is 2.32 bits per heavy atom. The third kappa shape index (κ3) is 4.22. The summed E-state index contributed by atoms with van der Waals surface area (Å²) in [5.74, 6) is 0.573. The van der Waals surface area contributed by atoms with Gasteiger partial charge in [0, 0.05) is 25.7 Å². The number of nitrogens with two attached hydrogens (primary N) is 1. The van der Waals surface area contributed by atoms with Crippen LogP contribution in [0.4, 0.5) is 0 Å². The van der Waals surface area contributed by atoms with Crippen LogP contribution < -0.4 is 5.73 Å². The predicted octanol–water partition coefficient (Wildman–Crippen LogP) is 1.99. The van der Waals surface area contributed by atoms with E-state index in [0.717, 1.165) is 12.0 Å². The fraction of sp³-hybridized carbons (Fsp3) is 0.650. The van der Waals surface area contributed by atoms with E-state index in [1.54, 1.807) is 6.92 Å². The number of nitrogens with zero attached hydrogens (tertiary/aromatic N) is 2. The minimum absolute atomic E-state index is 0. The molecular weight excluding hydrogens is 398 g/mol. The lowest BCUT2D eigenvalue weighted by molar-refractivity contribution is -0.139. The SMILES string of the molecule is CCS(=O)(=O)N1CCC(C(=O)N2CC(CN)CC2C)(c2ccccc2)CC1.Cl. The minimum atomic E-state index is -3.23. The van der Waals surface area contributed by atoms with Gasteiger partial charge in [-0.15, -0.1) is 12.4 Å². The highest BCUT2D eigenvalue weighted by Crippen LogP contribution is 2.40. The number of sulfonamides is 1. The molecule has 2 heterocycles. The second-order valence-corrected chi connectivity index (χ2v) is 10.1. The highest BCUT2D eigenvalue weighted by Gasteiger charge is 2.48. The fourth-order valence-electron chi connectivity index (χ4n) is 4.58. The van der Waals surface area contributed by atoms with E-state index in [4.69, 9.17) is 5.73 Å². The van der Waals surface area contributed by atoms with Gasteiger partial charge in [0.25, 0.3) is 0 Å². The molecule has 2 aliphatic rings. The Bertz CT molecular complexity index is 764. The summed E-state index contributed by atoms with van der Waals surface area (Å²) in [6.07, 6.45) is 1.97. The minimum Gasteiger partial charge on any atom is -0.339 e. The van der Waals surface area contributed by atoms with Crippen LogP contribution in [0, 0.1) is 5.92 Å². The number of hydrogen-bond donors (Lipinski definition) is 1. The first-order chi connectivity index (χ1) is 12.8. The van der Waals surface area contributed by atoms with Gasteiger partial charge in [0.1, 0.15) is 0 Å². The first-order valence-electron chi connectivity index (χ1n) is 9.88. The lowest BCUT2D eigenvalue weighted by atomic mass is 9.72. The van der Waals surface area contributed by atoms with Crippen LogP contribution in [0.5, 0.6) is 0 Å². The van der Waals surface area contributed by atoms with Gasteiger partial charge in [-0.3, -0.25) is 4.79 Å². The molecule has 2 saturated heterocycles. The van der Waals surface area contributed by atoms with E-state index in [1.807, 2.05) is 35.2 Å². The molecule has 28 heavy (non-hydrogen) atoms. The monoisotopic (exact) mass is 429 g/mol. The summed E-state index contributed by atoms with van der Waals surface area (Å²) in [5, 5.41) is 0. The van der Waals surface area contributed by atoms with Crippen LogP contribution in [0.2, 0.25) is 0 Å². The maximum absolute atomic E-state index is 13.7. The molecule has 1 aromatic carbocycles. The van der Waals surface area contributed by atoms with Gasteiger partial charge >= 0.3 is 0 Å². The van der Waals surface area contributed by atoms with Crippen molar-refractivity contribution in [2.75, 3.05) is 31.9 Å². The van der Waals surface area contributed by atoms with E-state index < -0.39 is 15.4 Å². The zero-order valence-electron chi connectivity index (χ0n) is 16.7. The normalized spacial score (nSPS) is 25.3. The van der Waals surface area contributed by atoms with Crippen LogP contribution in [-0.2, 0) is 20.2 Å². The molecule has 6 nitrogen and oxygen atoms in total. The van der Waals surface area contributed by atoms with Crippen molar-refractivity contribution < 1.29 is 13.2 Å². The van der Waals surface area contributed by atoms with Crippen LogP contribution in [-0.4, -0.2) is 61.5 Å². The van der Waals surface area contributed by atoms with E-state index in [1.165, 1.54) is 4.31 Å². The number of hydrogen-bond acceptors (Lipinski definition) is 4. The lowest BCUT2D eigenvalue weighted by Gasteiger charge is -2.43. The summed E-state index contributed by atoms with van der Waals surface area (Å²) in [7, 11) is -3.23. The molecule has 2 fully saturated rings. The third-order valence-corrected chi connectivity index (χ3v) is 8.21. The molecular formula is C20H32ClN3O3S. The standard InChI is InChI=1S/C20H31N3O3S.ClH/c1-3-27(25,26)22-11-9-20(10-12-22,18-7-5-4-6-8-18)19(24)23-15-17(14-21)13-16(23)2;/h4-8,16-17H,3,9-15,21H2,1-2H3;1H. The summed E-state index contributed by atoms with van der Waals surface area (Å²) in [6, 6.07) is 10.0. The summed E-state index contributed by atoms with van der Waals surface area (Å²) < 4.78 is 26.1. The van der Waals surface area contributed by atoms with Crippen LogP contribution in [0.15, 0.2) is 30.3 Å². The Balaban J connectivity index is 0.00000280. The van der Waals surface area contributed by atoms with E-state index in [2.05, 4.69) is 6.92 Å². The molecule has 0 radical (unpaired) electrons. The number of carbonyl (C=O) groups is 1. The van der Waals surface area contributed by atoms with Gasteiger partial charge in [-0.1, -0.05) is 30.3 Å². The molecule has 2 unspecified atom stereocenters. The van der Waals surface area contributed by atoms with E-state index >= 15 is 0 Å². The van der Waals surface area contributed by atoms with Crippen molar-refractivity contribution in [1.29, 1.82) is 0 Å². The van der Waals surface area contributed by atoms with Crippen LogP contribution >= 0.6 is 12.4 Å². The van der Waals surface area contributed by atoms with Gasteiger partial charge in [0.2, 0.25) is 15.9 Å². The van der Waals surface area contributed by atoms with Gasteiger partial charge < -0.3 is 10.6 Å². The van der Waals surface area contributed by atoms with Gasteiger partial charge in [-0.25, -0.2) is 12.7 Å². The number of benzene rings is 1. The molecule has 0 aliphatic carbocycles. The molecule has 2 aliphatic heterocycles. The molecule has 8 heteroatoms. The number of rotatable bonds is 5. The zero-order chi connectivity index (χ0) is 19.7. The highest BCUT2D eigenvalue weighted by atomic mass is 35.5. The molecule has 158 valence electrons. The van der Waals surface area contributed by atoms with Crippen molar-refractivity contribution in [3.8, 4) is 0 Å². The average Bonchev–Trinajstić information content (AvgIpc) is 3.08. The largest absolute Gasteiger partial charge is 0.339 e. The molecule has 2 atom stereocenters. The molecule has 1 aromatic rings. The van der Waals surface area contributed by atoms with E-state index in [-0.39, 0.29) is 30.1 Å². The van der Waals surface area contributed by atoms with Gasteiger partial charge in [-0.05, 0) is 51.1 Å². The van der Waals surface area contributed by atoms with Crippen molar-refractivity contribution in [1.82, 2.24) is 9.21 Å². The summed E-state index contributed by atoms with van der Waals surface area (Å²) in [6.45, 7) is 5.82. The average molecular weight is 430 g/mol. The Hall–Kier alpha value is -1.15. The number of piperidine rings is 1. The van der Waals surface area contributed by atoms with E-state index in [0.29, 0.717) is 44.9 Å². The second-order valence-electron chi connectivity index (χ2n) is 7.89. The first kappa shape index (κ1) is 23.1. The molecule has 0 bridgehead atoms. The summed E-state index contributed by atoms with van der Waals surface area (Å²) in [4.78, 5) is 15.7. The molecule has 0 aromatic heterocycles. The topological polar surface area (TPSA) is 83.7 Å². The van der Waals surface area contributed by atoms with Gasteiger partial charge in [0.05, 0.1) is 11.2 Å². The quantitative estimate of drug-likeness (QED) is 0.775. The third-order valence-electron chi connectivity index (χ3n) is 6.33. The Morgan fingerprint density at radius 1 is 1.21 bits per heavy atom. The molecule has 2 N–H and O–H groups in total. The maximum atomic E-state index is 13.7. The highest BCUT2D eigenvalue weighted by molar-refractivity contribution is 7.89. The van der Waals surface area contributed by atoms with Crippen molar-refractivity contribution in [2.45, 2.75) is 44.6 Å². The maximum Gasteiger partial charge on any atom is 0.233 e. The number of amides is 1. The van der Waals surface area contributed by atoms with Crippen LogP contribution in [0.25, 0.3) is 0 Å². The Kier molecular flexibility index (Phi) is 7.53. The van der Waals surface area contributed by atoms with Crippen LogP contribution in [0.3, 0.4) is 0 Å². The van der Waals surface area contributed by atoms with Crippen molar-refractivity contribution >= 4 is 28.3 Å². The number of halogens is 1. The smallest absolute Gasteiger partial charge is 0.233 e. The molecule has 3 rings (SSSR count). The number of carbonyl (C=O) groups excluding carboxylic acids is 1.